The first-order valence-corrected chi connectivity index (χ1v) is 9.28. The lowest BCUT2D eigenvalue weighted by molar-refractivity contribution is 0.129. The lowest BCUT2D eigenvalue weighted by Crippen LogP contribution is -2.49. The first-order chi connectivity index (χ1) is 10.1. The summed E-state index contributed by atoms with van der Waals surface area (Å²) in [5.74, 6) is 0.531. The molecule has 21 heavy (non-hydrogen) atoms. The Hall–Kier alpha value is -0.910. The summed E-state index contributed by atoms with van der Waals surface area (Å²) in [5, 5.41) is 9.22. The molecule has 0 amide bonds. The fourth-order valence-corrected chi connectivity index (χ4v) is 5.64. The van der Waals surface area contributed by atoms with Crippen LogP contribution in [0.5, 0.6) is 0 Å². The van der Waals surface area contributed by atoms with Gasteiger partial charge in [0, 0.05) is 12.6 Å². The Morgan fingerprint density at radius 1 is 1.14 bits per heavy atom. The van der Waals surface area contributed by atoms with Crippen molar-refractivity contribution in [2.45, 2.75) is 56.1 Å². The average molecular weight is 309 g/mol. The molecule has 0 unspecified atom stereocenters. The van der Waals surface area contributed by atoms with E-state index in [9.17, 15) is 13.5 Å². The van der Waals surface area contributed by atoms with Crippen LogP contribution in [0.15, 0.2) is 29.2 Å². The Balaban J connectivity index is 1.92. The summed E-state index contributed by atoms with van der Waals surface area (Å²) in [7, 11) is -3.44. The Labute approximate surface area is 126 Å². The summed E-state index contributed by atoms with van der Waals surface area (Å²) in [4.78, 5) is 0.320. The molecule has 2 aliphatic rings. The topological polar surface area (TPSA) is 57.6 Å². The maximum Gasteiger partial charge on any atom is 0.243 e. The number of hydrogen-bond donors (Lipinski definition) is 1. The number of sulfonamides is 1. The fraction of sp³-hybridized carbons (Fsp3) is 0.625. The fourth-order valence-electron chi connectivity index (χ4n) is 3.82. The van der Waals surface area contributed by atoms with Crippen LogP contribution in [0.1, 0.15) is 44.1 Å². The molecule has 1 N–H and O–H groups in total. The zero-order valence-electron chi connectivity index (χ0n) is 12.2. The molecule has 4 nitrogen and oxygen atoms in total. The maximum absolute atomic E-state index is 13.0. The largest absolute Gasteiger partial charge is 0.392 e. The van der Waals surface area contributed by atoms with Crippen molar-refractivity contribution < 1.29 is 13.5 Å². The molecule has 1 aliphatic heterocycles. The molecule has 1 saturated heterocycles. The van der Waals surface area contributed by atoms with Crippen LogP contribution in [0.4, 0.5) is 0 Å². The van der Waals surface area contributed by atoms with E-state index in [1.54, 1.807) is 28.6 Å². The van der Waals surface area contributed by atoms with Crippen LogP contribution in [0.2, 0.25) is 0 Å². The van der Waals surface area contributed by atoms with E-state index in [-0.39, 0.29) is 12.6 Å². The molecule has 5 heteroatoms. The number of fused-ring (bicyclic) bond motifs is 1. The summed E-state index contributed by atoms with van der Waals surface area (Å²) in [6.07, 6.45) is 6.63. The predicted octanol–water partition coefficient (Wildman–Crippen LogP) is 2.52. The van der Waals surface area contributed by atoms with Crippen molar-refractivity contribution in [3.05, 3.63) is 29.8 Å². The van der Waals surface area contributed by atoms with Gasteiger partial charge in [-0.15, -0.1) is 0 Å². The third-order valence-corrected chi connectivity index (χ3v) is 6.80. The molecule has 1 heterocycles. The molecule has 0 bridgehead atoms. The second kappa shape index (κ2) is 6.07. The second-order valence-corrected chi connectivity index (χ2v) is 8.07. The van der Waals surface area contributed by atoms with Crippen molar-refractivity contribution in [2.24, 2.45) is 5.92 Å². The molecule has 2 atom stereocenters. The molecule has 1 aliphatic carbocycles. The minimum Gasteiger partial charge on any atom is -0.392 e. The Bertz CT molecular complexity index is 597. The number of aliphatic hydroxyl groups is 1. The molecule has 0 aromatic heterocycles. The average Bonchev–Trinajstić information content (AvgIpc) is 2.54. The number of benzene rings is 1. The number of aliphatic hydroxyl groups excluding tert-OH is 1. The summed E-state index contributed by atoms with van der Waals surface area (Å²) in [6, 6.07) is 6.87. The molecule has 116 valence electrons. The lowest BCUT2D eigenvalue weighted by Gasteiger charge is -2.43. The second-order valence-electron chi connectivity index (χ2n) is 6.18. The Morgan fingerprint density at radius 3 is 2.71 bits per heavy atom. The van der Waals surface area contributed by atoms with Crippen LogP contribution in [0.3, 0.4) is 0 Å². The molecule has 0 spiro atoms. The zero-order chi connectivity index (χ0) is 14.9. The van der Waals surface area contributed by atoms with Crippen LogP contribution in [0.25, 0.3) is 0 Å². The van der Waals surface area contributed by atoms with Gasteiger partial charge in [-0.1, -0.05) is 25.0 Å². The highest BCUT2D eigenvalue weighted by Gasteiger charge is 2.39. The maximum atomic E-state index is 13.0. The van der Waals surface area contributed by atoms with Crippen LogP contribution in [-0.2, 0) is 16.6 Å². The van der Waals surface area contributed by atoms with E-state index < -0.39 is 10.0 Å². The van der Waals surface area contributed by atoms with Crippen molar-refractivity contribution in [1.29, 1.82) is 0 Å². The van der Waals surface area contributed by atoms with Crippen molar-refractivity contribution in [3.63, 3.8) is 0 Å². The number of rotatable bonds is 3. The highest BCUT2D eigenvalue weighted by Crippen LogP contribution is 2.38. The lowest BCUT2D eigenvalue weighted by atomic mass is 9.79. The minimum atomic E-state index is -3.44. The smallest absolute Gasteiger partial charge is 0.243 e. The van der Waals surface area contributed by atoms with E-state index in [0.717, 1.165) is 32.1 Å². The van der Waals surface area contributed by atoms with Crippen LogP contribution >= 0.6 is 0 Å². The van der Waals surface area contributed by atoms with E-state index in [0.29, 0.717) is 22.9 Å². The van der Waals surface area contributed by atoms with E-state index in [2.05, 4.69) is 0 Å². The molecule has 0 radical (unpaired) electrons. The summed E-state index contributed by atoms with van der Waals surface area (Å²) < 4.78 is 27.6. The van der Waals surface area contributed by atoms with Gasteiger partial charge in [0.05, 0.1) is 11.5 Å². The predicted molar refractivity (Wildman–Crippen MR) is 81.2 cm³/mol. The quantitative estimate of drug-likeness (QED) is 0.933. The monoisotopic (exact) mass is 309 g/mol. The van der Waals surface area contributed by atoms with Gasteiger partial charge in [0.1, 0.15) is 0 Å². The van der Waals surface area contributed by atoms with E-state index >= 15 is 0 Å². The normalized spacial score (nSPS) is 27.3. The summed E-state index contributed by atoms with van der Waals surface area (Å²) in [6.45, 7) is 0.502. The first-order valence-electron chi connectivity index (χ1n) is 7.84. The molecule has 3 rings (SSSR count). The third-order valence-electron chi connectivity index (χ3n) is 4.88. The van der Waals surface area contributed by atoms with Gasteiger partial charge in [-0.2, -0.15) is 4.31 Å². The van der Waals surface area contributed by atoms with Crippen molar-refractivity contribution in [3.8, 4) is 0 Å². The highest BCUT2D eigenvalue weighted by atomic mass is 32.2. The minimum absolute atomic E-state index is 0.130. The van der Waals surface area contributed by atoms with Crippen molar-refractivity contribution in [2.75, 3.05) is 6.54 Å². The van der Waals surface area contributed by atoms with Gasteiger partial charge in [0.25, 0.3) is 0 Å². The summed E-state index contributed by atoms with van der Waals surface area (Å²) in [5.41, 5.74) is 0.647. The number of nitrogens with zero attached hydrogens (tertiary/aromatic N) is 1. The van der Waals surface area contributed by atoms with Gasteiger partial charge in [0.2, 0.25) is 10.0 Å². The highest BCUT2D eigenvalue weighted by molar-refractivity contribution is 7.89. The van der Waals surface area contributed by atoms with E-state index in [4.69, 9.17) is 0 Å². The SMILES string of the molecule is O=S(=O)(c1cccc(CO)c1)N1CCC[C@H]2CCCC[C@H]21. The van der Waals surface area contributed by atoms with Crippen LogP contribution < -0.4 is 0 Å². The van der Waals surface area contributed by atoms with Gasteiger partial charge >= 0.3 is 0 Å². The molecule has 1 saturated carbocycles. The van der Waals surface area contributed by atoms with Gasteiger partial charge in [-0.05, 0) is 49.3 Å². The van der Waals surface area contributed by atoms with Crippen molar-refractivity contribution in [1.82, 2.24) is 4.31 Å². The van der Waals surface area contributed by atoms with Crippen LogP contribution in [-0.4, -0.2) is 30.4 Å². The van der Waals surface area contributed by atoms with Crippen molar-refractivity contribution >= 4 is 10.0 Å². The number of piperidine rings is 1. The van der Waals surface area contributed by atoms with Gasteiger partial charge in [-0.25, -0.2) is 8.42 Å². The molecular weight excluding hydrogens is 286 g/mol. The Kier molecular flexibility index (Phi) is 4.33. The molecular formula is C16H23NO3S. The standard InChI is InChI=1S/C16H23NO3S/c18-12-13-5-3-8-15(11-13)21(19,20)17-10-4-7-14-6-1-2-9-16(14)17/h3,5,8,11,14,16,18H,1-2,4,6-7,9-10,12H2/t14-,16-/m1/s1. The van der Waals surface area contributed by atoms with Gasteiger partial charge < -0.3 is 5.11 Å². The first kappa shape index (κ1) is 15.0. The van der Waals surface area contributed by atoms with Gasteiger partial charge in [-0.3, -0.25) is 0 Å². The third kappa shape index (κ3) is 2.87. The molecule has 2 fully saturated rings. The molecule has 1 aromatic carbocycles. The zero-order valence-corrected chi connectivity index (χ0v) is 13.1. The van der Waals surface area contributed by atoms with E-state index in [1.165, 1.54) is 6.42 Å². The summed E-state index contributed by atoms with van der Waals surface area (Å²) >= 11 is 0. The van der Waals surface area contributed by atoms with Crippen LogP contribution in [0, 0.1) is 5.92 Å². The molecule has 1 aromatic rings. The Morgan fingerprint density at radius 2 is 1.90 bits per heavy atom. The number of hydrogen-bond acceptors (Lipinski definition) is 3. The van der Waals surface area contributed by atoms with E-state index in [1.807, 2.05) is 0 Å². The van der Waals surface area contributed by atoms with Gasteiger partial charge in [0.15, 0.2) is 0 Å².